The fourth-order valence-corrected chi connectivity index (χ4v) is 4.51. The molecule has 0 unspecified atom stereocenters. The predicted octanol–water partition coefficient (Wildman–Crippen LogP) is 3.61. The zero-order chi connectivity index (χ0) is 22.7. The summed E-state index contributed by atoms with van der Waals surface area (Å²) in [6.07, 6.45) is 3.44. The number of ether oxygens (including phenoxy) is 1. The van der Waals surface area contributed by atoms with Crippen LogP contribution in [0, 0.1) is 31.0 Å². The lowest BCUT2D eigenvalue weighted by Gasteiger charge is -2.16. The number of carbonyl (C=O) groups excluding carboxylic acids is 1. The number of halogens is 1. The maximum Gasteiger partial charge on any atom is 0.235 e. The van der Waals surface area contributed by atoms with Crippen molar-refractivity contribution in [1.82, 2.24) is 19.3 Å². The molecule has 0 saturated carbocycles. The third-order valence-corrected chi connectivity index (χ3v) is 6.51. The van der Waals surface area contributed by atoms with E-state index < -0.39 is 5.82 Å². The monoisotopic (exact) mass is 454 g/mol. The van der Waals surface area contributed by atoms with Crippen LogP contribution in [-0.4, -0.2) is 43.7 Å². The average Bonchev–Trinajstić information content (AvgIpc) is 3.51. The summed E-state index contributed by atoms with van der Waals surface area (Å²) in [6.45, 7) is 5.13. The molecule has 1 atom stereocenters. The number of anilines is 1. The molecule has 3 aromatic rings. The van der Waals surface area contributed by atoms with E-state index in [1.165, 1.54) is 17.0 Å². The van der Waals surface area contributed by atoms with Crippen molar-refractivity contribution in [3.8, 4) is 11.8 Å². The van der Waals surface area contributed by atoms with E-state index in [-0.39, 0.29) is 17.8 Å². The van der Waals surface area contributed by atoms with Crippen LogP contribution < -0.4 is 5.32 Å². The van der Waals surface area contributed by atoms with Gasteiger partial charge in [-0.2, -0.15) is 5.26 Å². The Balaban J connectivity index is 1.50. The Hall–Kier alpha value is -3.16. The van der Waals surface area contributed by atoms with Gasteiger partial charge < -0.3 is 14.6 Å². The number of nitrogens with zero attached hydrogens (tertiary/aromatic N) is 5. The van der Waals surface area contributed by atoms with Crippen LogP contribution in [0.4, 0.5) is 10.2 Å². The molecule has 1 fully saturated rings. The largest absolute Gasteiger partial charge is 0.376 e. The van der Waals surface area contributed by atoms with E-state index >= 15 is 0 Å². The molecular weight excluding hydrogens is 431 g/mol. The van der Waals surface area contributed by atoms with E-state index in [2.05, 4.69) is 21.6 Å². The molecule has 0 aliphatic carbocycles. The summed E-state index contributed by atoms with van der Waals surface area (Å²) in [5.41, 5.74) is 2.53. The van der Waals surface area contributed by atoms with Gasteiger partial charge in [-0.15, -0.1) is 10.2 Å². The summed E-state index contributed by atoms with van der Waals surface area (Å²) >= 11 is 1.14. The van der Waals surface area contributed by atoms with Crippen molar-refractivity contribution in [2.45, 2.75) is 44.5 Å². The Kier molecular flexibility index (Phi) is 6.58. The van der Waals surface area contributed by atoms with Crippen LogP contribution in [0.1, 0.15) is 29.7 Å². The minimum Gasteiger partial charge on any atom is -0.376 e. The fraction of sp³-hybridized carbons (Fsp3) is 0.364. The Morgan fingerprint density at radius 1 is 1.41 bits per heavy atom. The minimum atomic E-state index is -0.407. The lowest BCUT2D eigenvalue weighted by Crippen LogP contribution is -2.22. The second kappa shape index (κ2) is 9.54. The van der Waals surface area contributed by atoms with E-state index in [1.807, 2.05) is 18.4 Å². The topological polar surface area (TPSA) is 97.8 Å². The highest BCUT2D eigenvalue weighted by Gasteiger charge is 2.24. The zero-order valence-electron chi connectivity index (χ0n) is 17.8. The standard InChI is InChI=1S/C22H23FN6O2S/c1-14-15(2)28(11-16-6-5-9-31-16)21(17(14)10-24)26-20(30)12-32-22-27-25-13-29(22)19-8-4-3-7-18(19)23/h3-4,7-8,13,16H,5-6,9,11-12H2,1-2H3,(H,26,30)/t16-/m0/s1. The molecule has 32 heavy (non-hydrogen) atoms. The second-order valence-electron chi connectivity index (χ2n) is 7.56. The summed E-state index contributed by atoms with van der Waals surface area (Å²) in [6, 6.07) is 8.50. The van der Waals surface area contributed by atoms with Gasteiger partial charge in [0.2, 0.25) is 5.91 Å². The summed E-state index contributed by atoms with van der Waals surface area (Å²) in [5, 5.41) is 20.8. The molecule has 4 rings (SSSR count). The van der Waals surface area contributed by atoms with Crippen LogP contribution in [-0.2, 0) is 16.1 Å². The molecular formula is C22H23FN6O2S. The Bertz CT molecular complexity index is 1180. The van der Waals surface area contributed by atoms with Crippen LogP contribution in [0.5, 0.6) is 0 Å². The molecule has 0 spiro atoms. The number of hydrogen-bond acceptors (Lipinski definition) is 6. The van der Waals surface area contributed by atoms with Gasteiger partial charge >= 0.3 is 0 Å². The molecule has 1 N–H and O–H groups in total. The molecule has 1 aromatic carbocycles. The Labute approximate surface area is 189 Å². The van der Waals surface area contributed by atoms with Gasteiger partial charge in [-0.3, -0.25) is 9.36 Å². The first-order valence-corrected chi connectivity index (χ1v) is 11.3. The first-order chi connectivity index (χ1) is 15.5. The smallest absolute Gasteiger partial charge is 0.235 e. The lowest BCUT2D eigenvalue weighted by molar-refractivity contribution is -0.113. The number of thioether (sulfide) groups is 1. The van der Waals surface area contributed by atoms with Crippen LogP contribution >= 0.6 is 11.8 Å². The number of nitriles is 1. The van der Waals surface area contributed by atoms with E-state index in [9.17, 15) is 14.4 Å². The van der Waals surface area contributed by atoms with Crippen molar-refractivity contribution < 1.29 is 13.9 Å². The highest BCUT2D eigenvalue weighted by Crippen LogP contribution is 2.29. The number of aromatic nitrogens is 4. The summed E-state index contributed by atoms with van der Waals surface area (Å²) in [4.78, 5) is 12.8. The van der Waals surface area contributed by atoms with E-state index in [1.54, 1.807) is 18.2 Å². The maximum absolute atomic E-state index is 14.1. The van der Waals surface area contributed by atoms with Crippen molar-refractivity contribution in [2.75, 3.05) is 17.7 Å². The first kappa shape index (κ1) is 22.0. The molecule has 0 radical (unpaired) electrons. The molecule has 3 heterocycles. The van der Waals surface area contributed by atoms with Gasteiger partial charge in [0, 0.05) is 12.3 Å². The van der Waals surface area contributed by atoms with Gasteiger partial charge in [0.15, 0.2) is 5.16 Å². The number of carbonyl (C=O) groups is 1. The summed E-state index contributed by atoms with van der Waals surface area (Å²) < 4.78 is 23.3. The number of rotatable bonds is 7. The lowest BCUT2D eigenvalue weighted by atomic mass is 10.2. The molecule has 10 heteroatoms. The van der Waals surface area contributed by atoms with Gasteiger partial charge in [0.25, 0.3) is 0 Å². The third kappa shape index (κ3) is 4.40. The van der Waals surface area contributed by atoms with Crippen molar-refractivity contribution >= 4 is 23.5 Å². The van der Waals surface area contributed by atoms with Gasteiger partial charge in [-0.25, -0.2) is 4.39 Å². The maximum atomic E-state index is 14.1. The van der Waals surface area contributed by atoms with Crippen molar-refractivity contribution in [3.63, 3.8) is 0 Å². The van der Waals surface area contributed by atoms with Crippen LogP contribution in [0.15, 0.2) is 35.7 Å². The van der Waals surface area contributed by atoms with Gasteiger partial charge in [-0.05, 0) is 44.4 Å². The summed E-state index contributed by atoms with van der Waals surface area (Å²) in [7, 11) is 0. The van der Waals surface area contributed by atoms with Gasteiger partial charge in [-0.1, -0.05) is 23.9 Å². The normalized spacial score (nSPS) is 15.6. The number of para-hydroxylation sites is 1. The number of benzene rings is 1. The van der Waals surface area contributed by atoms with Gasteiger partial charge in [0.1, 0.15) is 24.0 Å². The SMILES string of the molecule is Cc1c(C#N)c(NC(=O)CSc2nncn2-c2ccccc2F)n(C[C@@H]2CCCO2)c1C. The summed E-state index contributed by atoms with van der Waals surface area (Å²) in [5.74, 6) is -0.184. The van der Waals surface area contributed by atoms with Crippen molar-refractivity contribution in [3.05, 3.63) is 53.2 Å². The van der Waals surface area contributed by atoms with E-state index in [0.717, 1.165) is 42.5 Å². The molecule has 2 aromatic heterocycles. The van der Waals surface area contributed by atoms with Crippen molar-refractivity contribution in [1.29, 1.82) is 5.26 Å². The van der Waals surface area contributed by atoms with E-state index in [4.69, 9.17) is 4.74 Å². The molecule has 1 amide bonds. The average molecular weight is 455 g/mol. The van der Waals surface area contributed by atoms with Crippen LogP contribution in [0.3, 0.4) is 0 Å². The molecule has 8 nitrogen and oxygen atoms in total. The second-order valence-corrected chi connectivity index (χ2v) is 8.51. The van der Waals surface area contributed by atoms with E-state index in [0.29, 0.717) is 28.8 Å². The molecule has 166 valence electrons. The molecule has 1 aliphatic heterocycles. The molecule has 0 bridgehead atoms. The molecule has 1 saturated heterocycles. The highest BCUT2D eigenvalue weighted by atomic mass is 32.2. The van der Waals surface area contributed by atoms with Crippen LogP contribution in [0.2, 0.25) is 0 Å². The highest BCUT2D eigenvalue weighted by molar-refractivity contribution is 7.99. The van der Waals surface area contributed by atoms with Crippen LogP contribution in [0.25, 0.3) is 5.69 Å². The Morgan fingerprint density at radius 2 is 2.22 bits per heavy atom. The Morgan fingerprint density at radius 3 is 2.94 bits per heavy atom. The number of amides is 1. The molecule has 1 aliphatic rings. The number of hydrogen-bond donors (Lipinski definition) is 1. The predicted molar refractivity (Wildman–Crippen MR) is 118 cm³/mol. The minimum absolute atomic E-state index is 0.0290. The quantitative estimate of drug-likeness (QED) is 0.548. The third-order valence-electron chi connectivity index (χ3n) is 5.57. The van der Waals surface area contributed by atoms with Gasteiger partial charge in [0.05, 0.1) is 29.7 Å². The zero-order valence-corrected chi connectivity index (χ0v) is 18.7. The number of nitrogens with one attached hydrogen (secondary N) is 1. The fourth-order valence-electron chi connectivity index (χ4n) is 3.78. The first-order valence-electron chi connectivity index (χ1n) is 10.3. The van der Waals surface area contributed by atoms with Crippen molar-refractivity contribution in [2.24, 2.45) is 0 Å².